The Morgan fingerprint density at radius 3 is 2.92 bits per heavy atom. The number of aryl methyl sites for hydroxylation is 1. The summed E-state index contributed by atoms with van der Waals surface area (Å²) in [6.45, 7) is 1.00. The molecule has 1 N–H and O–H groups in total. The zero-order valence-electron chi connectivity index (χ0n) is 15.2. The van der Waals surface area contributed by atoms with Crippen molar-refractivity contribution < 1.29 is 14.1 Å². The number of imidazole rings is 1. The molecule has 1 amide bonds. The molecule has 1 aliphatic heterocycles. The lowest BCUT2D eigenvalue weighted by molar-refractivity contribution is -0.139. The van der Waals surface area contributed by atoms with Crippen LogP contribution in [0.1, 0.15) is 49.0 Å². The highest BCUT2D eigenvalue weighted by atomic mass is 16.5. The zero-order valence-corrected chi connectivity index (χ0v) is 15.2. The molecule has 0 aromatic carbocycles. The van der Waals surface area contributed by atoms with Crippen LogP contribution < -0.4 is 5.32 Å². The largest absolute Gasteiger partial charge is 0.377 e. The van der Waals surface area contributed by atoms with Gasteiger partial charge in [-0.05, 0) is 19.3 Å². The first-order valence-corrected chi connectivity index (χ1v) is 9.12. The summed E-state index contributed by atoms with van der Waals surface area (Å²) in [6, 6.07) is 2.35. The van der Waals surface area contributed by atoms with E-state index in [1.54, 1.807) is 13.3 Å². The van der Waals surface area contributed by atoms with Gasteiger partial charge in [0.15, 0.2) is 5.76 Å². The van der Waals surface area contributed by atoms with Crippen molar-refractivity contribution in [2.75, 3.05) is 7.11 Å². The van der Waals surface area contributed by atoms with E-state index in [2.05, 4.69) is 20.4 Å². The van der Waals surface area contributed by atoms with Crippen molar-refractivity contribution in [3.63, 3.8) is 0 Å². The van der Waals surface area contributed by atoms with E-state index >= 15 is 0 Å². The Morgan fingerprint density at radius 1 is 1.38 bits per heavy atom. The maximum Gasteiger partial charge on any atom is 0.223 e. The average Bonchev–Trinajstić information content (AvgIpc) is 3.22. The molecule has 140 valence electrons. The number of nitrogens with one attached hydrogen (secondary N) is 1. The normalized spacial score (nSPS) is 23.6. The molecule has 0 unspecified atom stereocenters. The SMILES string of the molecule is COCc1cc(CN[C@@H]2CCC(=O)N(C3CC3)[C@H]2c2nccn2C)no1. The number of ether oxygens (including phenoxy) is 1. The number of carbonyl (C=O) groups excluding carboxylic acids is 1. The van der Waals surface area contributed by atoms with Crippen LogP contribution in [0.5, 0.6) is 0 Å². The summed E-state index contributed by atoms with van der Waals surface area (Å²) in [5.74, 6) is 1.88. The van der Waals surface area contributed by atoms with Crippen LogP contribution in [-0.2, 0) is 29.7 Å². The number of rotatable bonds is 7. The fourth-order valence-corrected chi connectivity index (χ4v) is 3.76. The van der Waals surface area contributed by atoms with Crippen LogP contribution in [0.3, 0.4) is 0 Å². The Kier molecular flexibility index (Phi) is 4.78. The molecule has 4 rings (SSSR count). The van der Waals surface area contributed by atoms with Gasteiger partial charge < -0.3 is 24.0 Å². The number of hydrogen-bond donors (Lipinski definition) is 1. The molecule has 2 fully saturated rings. The Labute approximate surface area is 152 Å². The lowest BCUT2D eigenvalue weighted by Crippen LogP contribution is -2.52. The van der Waals surface area contributed by atoms with Gasteiger partial charge in [0.2, 0.25) is 5.91 Å². The third kappa shape index (κ3) is 3.39. The van der Waals surface area contributed by atoms with Crippen molar-refractivity contribution in [2.24, 2.45) is 7.05 Å². The summed E-state index contributed by atoms with van der Waals surface area (Å²) in [4.78, 5) is 19.2. The van der Waals surface area contributed by atoms with E-state index in [9.17, 15) is 4.79 Å². The number of likely N-dealkylation sites (tertiary alicyclic amines) is 1. The second-order valence-electron chi connectivity index (χ2n) is 7.12. The predicted octanol–water partition coefficient (Wildman–Crippen LogP) is 1.54. The van der Waals surface area contributed by atoms with Gasteiger partial charge in [-0.2, -0.15) is 0 Å². The van der Waals surface area contributed by atoms with Crippen molar-refractivity contribution in [1.29, 1.82) is 0 Å². The molecule has 26 heavy (non-hydrogen) atoms. The van der Waals surface area contributed by atoms with Gasteiger partial charge in [0.25, 0.3) is 0 Å². The molecule has 2 aliphatic rings. The molecule has 2 aromatic heterocycles. The summed E-state index contributed by atoms with van der Waals surface area (Å²) in [6.07, 6.45) is 7.27. The van der Waals surface area contributed by atoms with E-state index in [4.69, 9.17) is 9.26 Å². The van der Waals surface area contributed by atoms with Crippen molar-refractivity contribution in [2.45, 2.75) is 57.0 Å². The highest BCUT2D eigenvalue weighted by molar-refractivity contribution is 5.78. The fourth-order valence-electron chi connectivity index (χ4n) is 3.76. The summed E-state index contributed by atoms with van der Waals surface area (Å²) in [7, 11) is 3.61. The van der Waals surface area contributed by atoms with Gasteiger partial charge in [0, 0.05) is 57.7 Å². The Balaban J connectivity index is 1.52. The molecule has 0 bridgehead atoms. The van der Waals surface area contributed by atoms with Crippen LogP contribution in [0.4, 0.5) is 0 Å². The first-order chi connectivity index (χ1) is 12.7. The Hall–Kier alpha value is -2.19. The van der Waals surface area contributed by atoms with E-state index in [1.165, 1.54) is 0 Å². The summed E-state index contributed by atoms with van der Waals surface area (Å²) in [5.41, 5.74) is 0.838. The molecule has 8 nitrogen and oxygen atoms in total. The zero-order chi connectivity index (χ0) is 18.1. The maximum absolute atomic E-state index is 12.6. The average molecular weight is 359 g/mol. The third-order valence-corrected chi connectivity index (χ3v) is 5.14. The van der Waals surface area contributed by atoms with Crippen LogP contribution in [0.15, 0.2) is 23.0 Å². The Morgan fingerprint density at radius 2 is 2.23 bits per heavy atom. The summed E-state index contributed by atoms with van der Waals surface area (Å²) >= 11 is 0. The Bertz CT molecular complexity index is 766. The van der Waals surface area contributed by atoms with Gasteiger partial charge in [-0.3, -0.25) is 4.79 Å². The first kappa shape index (κ1) is 17.2. The molecule has 2 aromatic rings. The lowest BCUT2D eigenvalue weighted by atomic mass is 9.94. The lowest BCUT2D eigenvalue weighted by Gasteiger charge is -2.41. The van der Waals surface area contributed by atoms with E-state index in [1.807, 2.05) is 23.9 Å². The smallest absolute Gasteiger partial charge is 0.223 e. The minimum absolute atomic E-state index is 0.0471. The van der Waals surface area contributed by atoms with Gasteiger partial charge in [-0.1, -0.05) is 5.16 Å². The number of carbonyl (C=O) groups is 1. The van der Waals surface area contributed by atoms with E-state index in [-0.39, 0.29) is 18.0 Å². The topological polar surface area (TPSA) is 85.4 Å². The molecular formula is C18H25N5O3. The maximum atomic E-state index is 12.6. The van der Waals surface area contributed by atoms with Gasteiger partial charge in [0.1, 0.15) is 18.5 Å². The quantitative estimate of drug-likeness (QED) is 0.807. The molecule has 8 heteroatoms. The van der Waals surface area contributed by atoms with Crippen LogP contribution in [0.2, 0.25) is 0 Å². The van der Waals surface area contributed by atoms with Crippen LogP contribution >= 0.6 is 0 Å². The first-order valence-electron chi connectivity index (χ1n) is 9.12. The molecule has 0 radical (unpaired) electrons. The molecule has 3 heterocycles. The number of amides is 1. The van der Waals surface area contributed by atoms with Crippen molar-refractivity contribution in [3.8, 4) is 0 Å². The van der Waals surface area contributed by atoms with Gasteiger partial charge in [0.05, 0.1) is 5.69 Å². The number of methoxy groups -OCH3 is 1. The van der Waals surface area contributed by atoms with Crippen molar-refractivity contribution in [3.05, 3.63) is 35.7 Å². The van der Waals surface area contributed by atoms with Crippen LogP contribution in [0, 0.1) is 0 Å². The minimum atomic E-state index is -0.0471. The molecule has 2 atom stereocenters. The molecule has 0 spiro atoms. The van der Waals surface area contributed by atoms with Crippen LogP contribution in [-0.4, -0.2) is 44.7 Å². The van der Waals surface area contributed by atoms with Gasteiger partial charge in [-0.15, -0.1) is 0 Å². The second-order valence-corrected chi connectivity index (χ2v) is 7.12. The molecule has 1 aliphatic carbocycles. The summed E-state index contributed by atoms with van der Waals surface area (Å²) in [5, 5.41) is 7.67. The monoisotopic (exact) mass is 359 g/mol. The number of hydrogen-bond acceptors (Lipinski definition) is 6. The standard InChI is InChI=1S/C18H25N5O3/c1-22-8-7-19-18(22)17-15(5-6-16(24)23(17)13-3-4-13)20-10-12-9-14(11-25-2)26-21-12/h7-9,13,15,17,20H,3-6,10-11H2,1-2H3/t15-,17-/m1/s1. The van der Waals surface area contributed by atoms with Crippen molar-refractivity contribution >= 4 is 5.91 Å². The van der Waals surface area contributed by atoms with Gasteiger partial charge in [-0.25, -0.2) is 4.98 Å². The highest BCUT2D eigenvalue weighted by Crippen LogP contribution is 2.40. The number of piperidine rings is 1. The molecular weight excluding hydrogens is 334 g/mol. The van der Waals surface area contributed by atoms with Crippen molar-refractivity contribution in [1.82, 2.24) is 24.9 Å². The van der Waals surface area contributed by atoms with Gasteiger partial charge >= 0.3 is 0 Å². The van der Waals surface area contributed by atoms with E-state index < -0.39 is 0 Å². The highest BCUT2D eigenvalue weighted by Gasteiger charge is 2.45. The summed E-state index contributed by atoms with van der Waals surface area (Å²) < 4.78 is 12.3. The predicted molar refractivity (Wildman–Crippen MR) is 92.9 cm³/mol. The minimum Gasteiger partial charge on any atom is -0.377 e. The number of nitrogens with zero attached hydrogens (tertiary/aromatic N) is 4. The second kappa shape index (κ2) is 7.20. The fraction of sp³-hybridized carbons (Fsp3) is 0.611. The van der Waals surface area contributed by atoms with E-state index in [0.29, 0.717) is 31.4 Å². The number of aromatic nitrogens is 3. The molecule has 1 saturated carbocycles. The van der Waals surface area contributed by atoms with E-state index in [0.717, 1.165) is 30.8 Å². The molecule has 1 saturated heterocycles. The van der Waals surface area contributed by atoms with Crippen LogP contribution in [0.25, 0.3) is 0 Å². The third-order valence-electron chi connectivity index (χ3n) is 5.14.